The molecule has 1 fully saturated rings. The van der Waals surface area contributed by atoms with Crippen molar-refractivity contribution in [1.82, 2.24) is 0 Å². The molecule has 102 valence electrons. The van der Waals surface area contributed by atoms with E-state index in [1.165, 1.54) is 12.1 Å². The van der Waals surface area contributed by atoms with Crippen LogP contribution in [0.5, 0.6) is 5.75 Å². The van der Waals surface area contributed by atoms with Crippen LogP contribution in [0, 0.1) is 20.9 Å². The molecular weight excluding hydrogens is 314 g/mol. The smallest absolute Gasteiger partial charge is 0.274 e. The number of halogens is 1. The maximum atomic E-state index is 10.7. The largest absolute Gasteiger partial charge is 0.493 e. The zero-order valence-corrected chi connectivity index (χ0v) is 11.8. The van der Waals surface area contributed by atoms with Gasteiger partial charge in [-0.3, -0.25) is 15.5 Å². The van der Waals surface area contributed by atoms with Crippen molar-refractivity contribution in [2.75, 3.05) is 6.61 Å². The summed E-state index contributed by atoms with van der Waals surface area (Å²) in [4.78, 5) is 10.3. The lowest BCUT2D eigenvalue weighted by Crippen LogP contribution is -2.21. The predicted octanol–water partition coefficient (Wildman–Crippen LogP) is 2.84. The van der Waals surface area contributed by atoms with Gasteiger partial charge < -0.3 is 10.5 Å². The molecule has 1 aliphatic carbocycles. The molecule has 1 aliphatic rings. The van der Waals surface area contributed by atoms with E-state index >= 15 is 0 Å². The lowest BCUT2D eigenvalue weighted by atomic mass is 10.0. The third-order valence-electron chi connectivity index (χ3n) is 3.13. The van der Waals surface area contributed by atoms with Gasteiger partial charge in [0, 0.05) is 22.4 Å². The van der Waals surface area contributed by atoms with E-state index in [1.54, 1.807) is 6.07 Å². The van der Waals surface area contributed by atoms with Gasteiger partial charge in [-0.1, -0.05) is 15.9 Å². The molecule has 1 aromatic rings. The second-order valence-corrected chi connectivity index (χ2v) is 5.81. The van der Waals surface area contributed by atoms with Crippen molar-refractivity contribution in [2.24, 2.45) is 11.1 Å². The zero-order valence-electron chi connectivity index (χ0n) is 10.2. The van der Waals surface area contributed by atoms with Crippen molar-refractivity contribution in [3.05, 3.63) is 32.8 Å². The minimum absolute atomic E-state index is 0.0132. The van der Waals surface area contributed by atoms with Gasteiger partial charge in [0.25, 0.3) is 5.69 Å². The Kier molecular flexibility index (Phi) is 3.75. The van der Waals surface area contributed by atoms with E-state index < -0.39 is 4.92 Å². The van der Waals surface area contributed by atoms with E-state index in [1.807, 2.05) is 0 Å². The van der Waals surface area contributed by atoms with Crippen molar-refractivity contribution in [2.45, 2.75) is 19.3 Å². The van der Waals surface area contributed by atoms with Gasteiger partial charge in [-0.2, -0.15) is 0 Å². The van der Waals surface area contributed by atoms with E-state index in [0.717, 1.165) is 12.8 Å². The van der Waals surface area contributed by atoms with Crippen LogP contribution in [0.25, 0.3) is 0 Å². The van der Waals surface area contributed by atoms with Gasteiger partial charge in [-0.05, 0) is 18.9 Å². The van der Waals surface area contributed by atoms with Crippen LogP contribution in [0.3, 0.4) is 0 Å². The molecule has 0 aliphatic heterocycles. The Labute approximate surface area is 118 Å². The third-order valence-corrected chi connectivity index (χ3v) is 3.59. The lowest BCUT2D eigenvalue weighted by molar-refractivity contribution is -0.385. The van der Waals surface area contributed by atoms with E-state index in [9.17, 15) is 10.1 Å². The standard InChI is InChI=1S/C12H14BrN3O3/c13-8-3-9(16(17)18)5-10(4-8)19-7-12(1-2-12)6-11(14)15/h3-5H,1-2,6-7H2,(H3,14,15). The highest BCUT2D eigenvalue weighted by Gasteiger charge is 2.44. The summed E-state index contributed by atoms with van der Waals surface area (Å²) in [7, 11) is 0. The Morgan fingerprint density at radius 3 is 2.74 bits per heavy atom. The van der Waals surface area contributed by atoms with Gasteiger partial charge in [0.15, 0.2) is 0 Å². The summed E-state index contributed by atoms with van der Waals surface area (Å²) in [6, 6.07) is 4.51. The SMILES string of the molecule is N=C(N)CC1(COc2cc(Br)cc([N+](=O)[O-])c2)CC1. The first-order valence-electron chi connectivity index (χ1n) is 5.81. The van der Waals surface area contributed by atoms with E-state index in [4.69, 9.17) is 15.9 Å². The molecule has 0 unspecified atom stereocenters. The molecule has 0 heterocycles. The average molecular weight is 328 g/mol. The molecule has 0 spiro atoms. The number of hydrogen-bond donors (Lipinski definition) is 2. The number of nitrogens with two attached hydrogens (primary N) is 1. The number of hydrogen-bond acceptors (Lipinski definition) is 4. The number of non-ortho nitro benzene ring substituents is 1. The van der Waals surface area contributed by atoms with Gasteiger partial charge >= 0.3 is 0 Å². The predicted molar refractivity (Wildman–Crippen MR) is 74.5 cm³/mol. The van der Waals surface area contributed by atoms with Crippen LogP contribution in [0.2, 0.25) is 0 Å². The van der Waals surface area contributed by atoms with Crippen molar-refractivity contribution in [3.63, 3.8) is 0 Å². The molecule has 1 saturated carbocycles. The Balaban J connectivity index is 2.04. The van der Waals surface area contributed by atoms with Crippen molar-refractivity contribution < 1.29 is 9.66 Å². The molecule has 2 rings (SSSR count). The summed E-state index contributed by atoms with van der Waals surface area (Å²) in [6.45, 7) is 0.431. The molecule has 0 radical (unpaired) electrons. The molecule has 3 N–H and O–H groups in total. The minimum Gasteiger partial charge on any atom is -0.493 e. The normalized spacial score (nSPS) is 15.8. The maximum Gasteiger partial charge on any atom is 0.274 e. The molecule has 1 aromatic carbocycles. The first kappa shape index (κ1) is 13.8. The molecule has 0 amide bonds. The highest BCUT2D eigenvalue weighted by Crippen LogP contribution is 2.49. The quantitative estimate of drug-likeness (QED) is 0.363. The van der Waals surface area contributed by atoms with Crippen LogP contribution in [0.15, 0.2) is 22.7 Å². The van der Waals surface area contributed by atoms with Gasteiger partial charge in [0.2, 0.25) is 0 Å². The van der Waals surface area contributed by atoms with Crippen LogP contribution >= 0.6 is 15.9 Å². The summed E-state index contributed by atoms with van der Waals surface area (Å²) < 4.78 is 6.22. The lowest BCUT2D eigenvalue weighted by Gasteiger charge is -2.15. The van der Waals surface area contributed by atoms with Crippen LogP contribution in [0.4, 0.5) is 5.69 Å². The summed E-state index contributed by atoms with van der Waals surface area (Å²) >= 11 is 3.22. The Morgan fingerprint density at radius 2 is 2.21 bits per heavy atom. The van der Waals surface area contributed by atoms with E-state index in [2.05, 4.69) is 15.9 Å². The van der Waals surface area contributed by atoms with Crippen molar-refractivity contribution in [3.8, 4) is 5.75 Å². The summed E-state index contributed by atoms with van der Waals surface area (Å²) in [5, 5.41) is 18.1. The molecule has 0 saturated heterocycles. The van der Waals surface area contributed by atoms with Gasteiger partial charge in [0.05, 0.1) is 23.4 Å². The van der Waals surface area contributed by atoms with Gasteiger partial charge in [-0.15, -0.1) is 0 Å². The fourth-order valence-corrected chi connectivity index (χ4v) is 2.39. The third kappa shape index (κ3) is 3.66. The summed E-state index contributed by atoms with van der Waals surface area (Å²) in [6.07, 6.45) is 2.47. The Bertz CT molecular complexity index is 529. The minimum atomic E-state index is -0.458. The van der Waals surface area contributed by atoms with Gasteiger partial charge in [0.1, 0.15) is 5.75 Å². The second-order valence-electron chi connectivity index (χ2n) is 4.89. The number of nitrogens with zero attached hydrogens (tertiary/aromatic N) is 1. The number of nitro groups is 1. The Hall–Kier alpha value is -1.63. The molecule has 0 atom stereocenters. The summed E-state index contributed by atoms with van der Waals surface area (Å²) in [5.74, 6) is 0.609. The van der Waals surface area contributed by atoms with Crippen molar-refractivity contribution >= 4 is 27.5 Å². The number of amidine groups is 1. The van der Waals surface area contributed by atoms with Crippen LogP contribution < -0.4 is 10.5 Å². The topological polar surface area (TPSA) is 102 Å². The highest BCUT2D eigenvalue weighted by atomic mass is 79.9. The van der Waals surface area contributed by atoms with Crippen molar-refractivity contribution in [1.29, 1.82) is 5.41 Å². The van der Waals surface area contributed by atoms with Crippen LogP contribution in [-0.2, 0) is 0 Å². The fraction of sp³-hybridized carbons (Fsp3) is 0.417. The number of benzene rings is 1. The highest BCUT2D eigenvalue weighted by molar-refractivity contribution is 9.10. The number of rotatable bonds is 6. The molecule has 0 bridgehead atoms. The first-order valence-corrected chi connectivity index (χ1v) is 6.60. The number of nitrogens with one attached hydrogen (secondary N) is 1. The Morgan fingerprint density at radius 1 is 1.53 bits per heavy atom. The zero-order chi connectivity index (χ0) is 14.0. The van der Waals surface area contributed by atoms with Crippen LogP contribution in [0.1, 0.15) is 19.3 Å². The first-order chi connectivity index (χ1) is 8.90. The summed E-state index contributed by atoms with van der Waals surface area (Å²) in [5.41, 5.74) is 5.34. The molecule has 7 heteroatoms. The average Bonchev–Trinajstić information content (AvgIpc) is 3.05. The second kappa shape index (κ2) is 5.16. The van der Waals surface area contributed by atoms with Crippen LogP contribution in [-0.4, -0.2) is 17.4 Å². The fourth-order valence-electron chi connectivity index (χ4n) is 1.93. The monoisotopic (exact) mass is 327 g/mol. The number of nitro benzene ring substituents is 1. The molecule has 19 heavy (non-hydrogen) atoms. The van der Waals surface area contributed by atoms with E-state index in [-0.39, 0.29) is 16.9 Å². The van der Waals surface area contributed by atoms with E-state index in [0.29, 0.717) is 23.2 Å². The van der Waals surface area contributed by atoms with Gasteiger partial charge in [-0.25, -0.2) is 0 Å². The number of ether oxygens (including phenoxy) is 1. The molecule has 6 nitrogen and oxygen atoms in total. The molecular formula is C12H14BrN3O3. The molecule has 0 aromatic heterocycles. The maximum absolute atomic E-state index is 10.7.